The average Bonchev–Trinajstić information content (AvgIpc) is 2.64. The highest BCUT2D eigenvalue weighted by Crippen LogP contribution is 2.18. The van der Waals surface area contributed by atoms with Gasteiger partial charge in [-0.1, -0.05) is 0 Å². The van der Waals surface area contributed by atoms with Crippen LogP contribution in [0.25, 0.3) is 0 Å². The van der Waals surface area contributed by atoms with Crippen molar-refractivity contribution in [2.75, 3.05) is 5.32 Å². The molecule has 0 radical (unpaired) electrons. The van der Waals surface area contributed by atoms with Crippen LogP contribution in [0.1, 0.15) is 16.3 Å². The molecular formula is C9H8N4O2S. The number of hydrogen-bond donors (Lipinski definition) is 2. The predicted octanol–water partition coefficient (Wildman–Crippen LogP) is 1.68. The second-order valence-corrected chi connectivity index (χ2v) is 3.76. The summed E-state index contributed by atoms with van der Waals surface area (Å²) in [6, 6.07) is 3.11. The van der Waals surface area contributed by atoms with E-state index in [2.05, 4.69) is 19.7 Å². The van der Waals surface area contributed by atoms with E-state index in [9.17, 15) is 4.79 Å². The zero-order valence-electron chi connectivity index (χ0n) is 8.34. The maximum absolute atomic E-state index is 10.7. The highest BCUT2D eigenvalue weighted by atomic mass is 32.1. The lowest BCUT2D eigenvalue weighted by atomic mass is 10.3. The number of rotatable bonds is 3. The fourth-order valence-corrected chi connectivity index (χ4v) is 1.69. The Hall–Kier alpha value is -2.02. The van der Waals surface area contributed by atoms with Gasteiger partial charge in [-0.25, -0.2) is 14.8 Å². The normalized spacial score (nSPS) is 10.1. The molecule has 2 aromatic rings. The molecule has 7 heteroatoms. The van der Waals surface area contributed by atoms with Crippen LogP contribution in [0, 0.1) is 6.92 Å². The van der Waals surface area contributed by atoms with Gasteiger partial charge < -0.3 is 10.4 Å². The molecule has 0 aromatic carbocycles. The van der Waals surface area contributed by atoms with E-state index in [0.717, 1.165) is 0 Å². The molecule has 2 aromatic heterocycles. The maximum atomic E-state index is 10.7. The minimum Gasteiger partial charge on any atom is -0.477 e. The Bertz CT molecular complexity index is 526. The van der Waals surface area contributed by atoms with Gasteiger partial charge in [0, 0.05) is 23.4 Å². The van der Waals surface area contributed by atoms with Gasteiger partial charge in [-0.3, -0.25) is 0 Å². The molecule has 16 heavy (non-hydrogen) atoms. The largest absolute Gasteiger partial charge is 0.477 e. The van der Waals surface area contributed by atoms with Gasteiger partial charge in [0.15, 0.2) is 0 Å². The number of carboxylic acids is 1. The second kappa shape index (κ2) is 4.23. The van der Waals surface area contributed by atoms with Crippen molar-refractivity contribution in [3.63, 3.8) is 0 Å². The molecular weight excluding hydrogens is 228 g/mol. The summed E-state index contributed by atoms with van der Waals surface area (Å²) in [6.45, 7) is 1.79. The third-order valence-electron chi connectivity index (χ3n) is 1.76. The van der Waals surface area contributed by atoms with E-state index in [1.54, 1.807) is 13.0 Å². The number of carboxylic acid groups (broad SMARTS) is 1. The molecule has 0 aliphatic carbocycles. The number of nitrogens with zero attached hydrogens (tertiary/aromatic N) is 3. The Labute approximate surface area is 95.2 Å². The van der Waals surface area contributed by atoms with Crippen LogP contribution >= 0.6 is 11.5 Å². The monoisotopic (exact) mass is 236 g/mol. The summed E-state index contributed by atoms with van der Waals surface area (Å²) in [4.78, 5) is 18.5. The molecule has 0 aliphatic rings. The molecule has 0 saturated carbocycles. The van der Waals surface area contributed by atoms with Crippen molar-refractivity contribution >= 4 is 28.3 Å². The lowest BCUT2D eigenvalue weighted by Gasteiger charge is -2.01. The van der Waals surface area contributed by atoms with Crippen molar-refractivity contribution in [1.82, 2.24) is 14.3 Å². The third-order valence-corrected chi connectivity index (χ3v) is 2.48. The standard InChI is InChI=1S/C9H8N4O2S/c1-5-11-9(16-13-5)12-6-2-3-10-7(4-6)8(14)15/h2-4H,1H3,(H,14,15)(H,10,11,12,13). The Morgan fingerprint density at radius 3 is 3.00 bits per heavy atom. The van der Waals surface area contributed by atoms with Gasteiger partial charge in [-0.2, -0.15) is 4.37 Å². The Balaban J connectivity index is 2.21. The van der Waals surface area contributed by atoms with Gasteiger partial charge in [-0.15, -0.1) is 0 Å². The van der Waals surface area contributed by atoms with Crippen LogP contribution in [-0.4, -0.2) is 25.4 Å². The molecule has 0 aliphatic heterocycles. The number of hydrogen-bond acceptors (Lipinski definition) is 6. The topological polar surface area (TPSA) is 88.0 Å². The molecule has 2 heterocycles. The van der Waals surface area contributed by atoms with Crippen LogP contribution in [0.3, 0.4) is 0 Å². The molecule has 0 bridgehead atoms. The van der Waals surface area contributed by atoms with Crippen molar-refractivity contribution in [3.8, 4) is 0 Å². The van der Waals surface area contributed by atoms with Gasteiger partial charge in [0.25, 0.3) is 0 Å². The van der Waals surface area contributed by atoms with E-state index in [1.165, 1.54) is 23.8 Å². The molecule has 2 rings (SSSR count). The first-order chi connectivity index (χ1) is 7.65. The van der Waals surface area contributed by atoms with E-state index >= 15 is 0 Å². The number of aryl methyl sites for hydroxylation is 1. The Kier molecular flexibility index (Phi) is 2.78. The lowest BCUT2D eigenvalue weighted by molar-refractivity contribution is 0.0690. The van der Waals surface area contributed by atoms with Gasteiger partial charge >= 0.3 is 5.97 Å². The molecule has 2 N–H and O–H groups in total. The van der Waals surface area contributed by atoms with Crippen LogP contribution in [0.5, 0.6) is 0 Å². The summed E-state index contributed by atoms with van der Waals surface area (Å²) < 4.78 is 4.01. The van der Waals surface area contributed by atoms with Crippen LogP contribution in [0.4, 0.5) is 10.8 Å². The zero-order chi connectivity index (χ0) is 11.5. The molecule has 6 nitrogen and oxygen atoms in total. The number of aromatic nitrogens is 3. The fraction of sp³-hybridized carbons (Fsp3) is 0.111. The number of nitrogens with one attached hydrogen (secondary N) is 1. The van der Waals surface area contributed by atoms with Gasteiger partial charge in [-0.05, 0) is 19.1 Å². The van der Waals surface area contributed by atoms with Crippen molar-refractivity contribution in [3.05, 3.63) is 29.8 Å². The second-order valence-electron chi connectivity index (χ2n) is 3.01. The van der Waals surface area contributed by atoms with Gasteiger partial charge in [0.05, 0.1) is 0 Å². The first-order valence-electron chi connectivity index (χ1n) is 4.42. The minimum atomic E-state index is -1.06. The molecule has 82 valence electrons. The first-order valence-corrected chi connectivity index (χ1v) is 5.19. The van der Waals surface area contributed by atoms with Crippen LogP contribution in [0.15, 0.2) is 18.3 Å². The highest BCUT2D eigenvalue weighted by Gasteiger charge is 2.06. The van der Waals surface area contributed by atoms with Crippen molar-refractivity contribution < 1.29 is 9.90 Å². The van der Waals surface area contributed by atoms with Crippen LogP contribution in [-0.2, 0) is 0 Å². The first kappa shape index (κ1) is 10.5. The molecule has 0 atom stereocenters. The van der Waals surface area contributed by atoms with Gasteiger partial charge in [0.2, 0.25) is 5.13 Å². The Morgan fingerprint density at radius 2 is 2.38 bits per heavy atom. The number of anilines is 2. The SMILES string of the molecule is Cc1nsc(Nc2ccnc(C(=O)O)c2)n1. The van der Waals surface area contributed by atoms with Gasteiger partial charge in [0.1, 0.15) is 11.5 Å². The molecule has 0 saturated heterocycles. The summed E-state index contributed by atoms with van der Waals surface area (Å²) in [5, 5.41) is 12.4. The van der Waals surface area contributed by atoms with E-state index < -0.39 is 5.97 Å². The summed E-state index contributed by atoms with van der Waals surface area (Å²) in [7, 11) is 0. The van der Waals surface area contributed by atoms with E-state index in [-0.39, 0.29) is 5.69 Å². The summed E-state index contributed by atoms with van der Waals surface area (Å²) in [5.74, 6) is -0.378. The average molecular weight is 236 g/mol. The summed E-state index contributed by atoms with van der Waals surface area (Å²) in [5.41, 5.74) is 0.620. The summed E-state index contributed by atoms with van der Waals surface area (Å²) in [6.07, 6.45) is 1.43. The number of aromatic carboxylic acids is 1. The summed E-state index contributed by atoms with van der Waals surface area (Å²) >= 11 is 1.22. The maximum Gasteiger partial charge on any atom is 0.354 e. The van der Waals surface area contributed by atoms with E-state index in [0.29, 0.717) is 16.6 Å². The fourth-order valence-electron chi connectivity index (χ4n) is 1.10. The number of carbonyl (C=O) groups is 1. The molecule has 0 spiro atoms. The van der Waals surface area contributed by atoms with Crippen LogP contribution < -0.4 is 5.32 Å². The van der Waals surface area contributed by atoms with E-state index in [1.807, 2.05) is 0 Å². The zero-order valence-corrected chi connectivity index (χ0v) is 9.15. The van der Waals surface area contributed by atoms with Crippen molar-refractivity contribution in [2.24, 2.45) is 0 Å². The van der Waals surface area contributed by atoms with E-state index in [4.69, 9.17) is 5.11 Å². The van der Waals surface area contributed by atoms with Crippen molar-refractivity contribution in [1.29, 1.82) is 0 Å². The molecule has 0 fully saturated rings. The highest BCUT2D eigenvalue weighted by molar-refractivity contribution is 7.09. The smallest absolute Gasteiger partial charge is 0.354 e. The Morgan fingerprint density at radius 1 is 1.56 bits per heavy atom. The van der Waals surface area contributed by atoms with Crippen LogP contribution in [0.2, 0.25) is 0 Å². The van der Waals surface area contributed by atoms with Crippen molar-refractivity contribution in [2.45, 2.75) is 6.92 Å². The quantitative estimate of drug-likeness (QED) is 0.843. The lowest BCUT2D eigenvalue weighted by Crippen LogP contribution is -2.00. The number of pyridine rings is 1. The minimum absolute atomic E-state index is 0.00811. The third kappa shape index (κ3) is 2.31. The molecule has 0 unspecified atom stereocenters. The predicted molar refractivity (Wildman–Crippen MR) is 59.1 cm³/mol. The molecule has 0 amide bonds.